The van der Waals surface area contributed by atoms with Crippen molar-refractivity contribution in [2.24, 2.45) is 0 Å². The zero-order chi connectivity index (χ0) is 15.4. The van der Waals surface area contributed by atoms with Crippen LogP contribution in [-0.4, -0.2) is 15.1 Å². The summed E-state index contributed by atoms with van der Waals surface area (Å²) >= 11 is 1.68. The Morgan fingerprint density at radius 1 is 1.14 bits per heavy atom. The summed E-state index contributed by atoms with van der Waals surface area (Å²) in [5.41, 5.74) is 2.41. The van der Waals surface area contributed by atoms with E-state index in [1.807, 2.05) is 12.1 Å². The van der Waals surface area contributed by atoms with Gasteiger partial charge in [-0.2, -0.15) is 4.98 Å². The van der Waals surface area contributed by atoms with Gasteiger partial charge >= 0.3 is 0 Å². The monoisotopic (exact) mass is 315 g/mol. The van der Waals surface area contributed by atoms with E-state index in [4.69, 9.17) is 4.52 Å². The third-order valence-corrected chi connectivity index (χ3v) is 4.13. The summed E-state index contributed by atoms with van der Waals surface area (Å²) < 4.78 is 18.8. The van der Waals surface area contributed by atoms with Crippen molar-refractivity contribution in [3.8, 4) is 11.4 Å². The van der Waals surface area contributed by atoms with E-state index in [0.29, 0.717) is 28.6 Å². The summed E-state index contributed by atoms with van der Waals surface area (Å²) in [6, 6.07) is 8.87. The van der Waals surface area contributed by atoms with Crippen LogP contribution in [0.2, 0.25) is 0 Å². The second-order valence-electron chi connectivity index (χ2n) is 4.82. The van der Waals surface area contributed by atoms with Gasteiger partial charge in [0, 0.05) is 23.7 Å². The quantitative estimate of drug-likeness (QED) is 0.712. The number of aryl methyl sites for hydroxylation is 1. The molecule has 3 rings (SSSR count). The Kier molecular flexibility index (Phi) is 4.48. The van der Waals surface area contributed by atoms with Gasteiger partial charge in [0.2, 0.25) is 11.7 Å². The summed E-state index contributed by atoms with van der Waals surface area (Å²) in [7, 11) is 0. The number of aromatic nitrogens is 3. The lowest BCUT2D eigenvalue weighted by molar-refractivity contribution is 0.391. The highest BCUT2D eigenvalue weighted by Gasteiger charge is 2.10. The molecule has 0 unspecified atom stereocenters. The third-order valence-electron chi connectivity index (χ3n) is 3.14. The van der Waals surface area contributed by atoms with Crippen LogP contribution in [0, 0.1) is 12.7 Å². The molecule has 3 aromatic rings. The molecule has 112 valence electrons. The molecule has 0 saturated heterocycles. The zero-order valence-electron chi connectivity index (χ0n) is 12.0. The molecule has 0 aliphatic heterocycles. The van der Waals surface area contributed by atoms with Gasteiger partial charge in [0.25, 0.3) is 0 Å². The first kappa shape index (κ1) is 14.7. The van der Waals surface area contributed by atoms with E-state index in [-0.39, 0.29) is 5.82 Å². The molecule has 0 aliphatic carbocycles. The van der Waals surface area contributed by atoms with E-state index in [2.05, 4.69) is 15.1 Å². The maximum Gasteiger partial charge on any atom is 0.236 e. The fourth-order valence-electron chi connectivity index (χ4n) is 1.90. The molecule has 0 bridgehead atoms. The predicted molar refractivity (Wildman–Crippen MR) is 83.7 cm³/mol. The van der Waals surface area contributed by atoms with Crippen molar-refractivity contribution in [2.45, 2.75) is 18.4 Å². The lowest BCUT2D eigenvalue weighted by Gasteiger charge is -1.98. The molecular formula is C16H14FN3OS. The normalized spacial score (nSPS) is 10.8. The lowest BCUT2D eigenvalue weighted by Crippen LogP contribution is -1.87. The van der Waals surface area contributed by atoms with E-state index in [1.165, 1.54) is 11.6 Å². The number of halogens is 1. The van der Waals surface area contributed by atoms with Crippen molar-refractivity contribution in [3.63, 3.8) is 0 Å². The number of pyridine rings is 1. The summed E-state index contributed by atoms with van der Waals surface area (Å²) in [6.45, 7) is 1.72. The van der Waals surface area contributed by atoms with Crippen LogP contribution in [-0.2, 0) is 11.5 Å². The van der Waals surface area contributed by atoms with Gasteiger partial charge in [-0.25, -0.2) is 4.39 Å². The van der Waals surface area contributed by atoms with Crippen LogP contribution in [0.25, 0.3) is 11.4 Å². The van der Waals surface area contributed by atoms with Crippen LogP contribution in [0.1, 0.15) is 17.0 Å². The van der Waals surface area contributed by atoms with Gasteiger partial charge in [0.05, 0.1) is 5.75 Å². The number of rotatable bonds is 5. The first-order chi connectivity index (χ1) is 10.7. The molecule has 2 heterocycles. The summed E-state index contributed by atoms with van der Waals surface area (Å²) in [4.78, 5) is 8.29. The van der Waals surface area contributed by atoms with Gasteiger partial charge in [0.15, 0.2) is 0 Å². The maximum atomic E-state index is 13.6. The van der Waals surface area contributed by atoms with Crippen LogP contribution in [0.5, 0.6) is 0 Å². The molecule has 6 heteroatoms. The standard InChI is InChI=1S/C16H14FN3OS/c1-11-2-3-13(8-14(11)17)16-19-15(21-20-16)10-22-9-12-4-6-18-7-5-12/h2-8H,9-10H2,1H3. The first-order valence-electron chi connectivity index (χ1n) is 6.78. The minimum absolute atomic E-state index is 0.268. The molecule has 1 aromatic carbocycles. The Balaban J connectivity index is 1.62. The van der Waals surface area contributed by atoms with Crippen molar-refractivity contribution in [1.82, 2.24) is 15.1 Å². The van der Waals surface area contributed by atoms with Crippen LogP contribution in [0.15, 0.2) is 47.2 Å². The Bertz CT molecular complexity index is 761. The summed E-state index contributed by atoms with van der Waals surface area (Å²) in [6.07, 6.45) is 3.54. The third kappa shape index (κ3) is 3.51. The van der Waals surface area contributed by atoms with E-state index < -0.39 is 0 Å². The van der Waals surface area contributed by atoms with Crippen LogP contribution in [0.3, 0.4) is 0 Å². The van der Waals surface area contributed by atoms with Crippen molar-refractivity contribution in [2.75, 3.05) is 0 Å². The van der Waals surface area contributed by atoms with Gasteiger partial charge < -0.3 is 4.52 Å². The minimum atomic E-state index is -0.268. The molecular weight excluding hydrogens is 301 g/mol. The van der Waals surface area contributed by atoms with E-state index in [9.17, 15) is 4.39 Å². The SMILES string of the molecule is Cc1ccc(-c2noc(CSCc3ccncc3)n2)cc1F. The van der Waals surface area contributed by atoms with Crippen molar-refractivity contribution < 1.29 is 8.91 Å². The molecule has 4 nitrogen and oxygen atoms in total. The first-order valence-corrected chi connectivity index (χ1v) is 7.93. The molecule has 0 aliphatic rings. The predicted octanol–water partition coefficient (Wildman–Crippen LogP) is 4.01. The Morgan fingerprint density at radius 3 is 2.73 bits per heavy atom. The molecule has 0 amide bonds. The minimum Gasteiger partial charge on any atom is -0.338 e. The van der Waals surface area contributed by atoms with Gasteiger partial charge in [0.1, 0.15) is 5.82 Å². The Morgan fingerprint density at radius 2 is 1.95 bits per heavy atom. The molecule has 0 atom stereocenters. The Labute approximate surface area is 131 Å². The summed E-state index contributed by atoms with van der Waals surface area (Å²) in [5, 5.41) is 3.91. The van der Waals surface area contributed by atoms with E-state index in [1.54, 1.807) is 43.2 Å². The Hall–Kier alpha value is -2.21. The fourth-order valence-corrected chi connectivity index (χ4v) is 2.72. The highest BCUT2D eigenvalue weighted by molar-refractivity contribution is 7.97. The largest absolute Gasteiger partial charge is 0.338 e. The number of benzene rings is 1. The molecule has 2 aromatic heterocycles. The number of hydrogen-bond donors (Lipinski definition) is 0. The van der Waals surface area contributed by atoms with Crippen LogP contribution in [0.4, 0.5) is 4.39 Å². The lowest BCUT2D eigenvalue weighted by atomic mass is 10.1. The molecule has 0 fully saturated rings. The maximum absolute atomic E-state index is 13.6. The van der Waals surface area contributed by atoms with Gasteiger partial charge in [-0.1, -0.05) is 17.3 Å². The highest BCUT2D eigenvalue weighted by atomic mass is 32.2. The number of hydrogen-bond acceptors (Lipinski definition) is 5. The molecule has 0 radical (unpaired) electrons. The molecule has 0 spiro atoms. The van der Waals surface area contributed by atoms with Crippen molar-refractivity contribution in [1.29, 1.82) is 0 Å². The van der Waals surface area contributed by atoms with Gasteiger partial charge in [-0.05, 0) is 36.2 Å². The average molecular weight is 315 g/mol. The van der Waals surface area contributed by atoms with Gasteiger partial charge in [-0.15, -0.1) is 11.8 Å². The average Bonchev–Trinajstić information content (AvgIpc) is 3.00. The summed E-state index contributed by atoms with van der Waals surface area (Å²) in [5.74, 6) is 2.15. The van der Waals surface area contributed by atoms with Crippen molar-refractivity contribution in [3.05, 3.63) is 65.6 Å². The van der Waals surface area contributed by atoms with E-state index in [0.717, 1.165) is 5.75 Å². The number of nitrogens with zero attached hydrogens (tertiary/aromatic N) is 3. The molecule has 22 heavy (non-hydrogen) atoms. The number of thioether (sulfide) groups is 1. The van der Waals surface area contributed by atoms with Crippen molar-refractivity contribution >= 4 is 11.8 Å². The zero-order valence-corrected chi connectivity index (χ0v) is 12.8. The smallest absolute Gasteiger partial charge is 0.236 e. The molecule has 0 saturated carbocycles. The fraction of sp³-hybridized carbons (Fsp3) is 0.188. The van der Waals surface area contributed by atoms with Crippen LogP contribution >= 0.6 is 11.8 Å². The topological polar surface area (TPSA) is 51.8 Å². The van der Waals surface area contributed by atoms with E-state index >= 15 is 0 Å². The second kappa shape index (κ2) is 6.70. The molecule has 0 N–H and O–H groups in total. The second-order valence-corrected chi connectivity index (χ2v) is 5.81. The van der Waals surface area contributed by atoms with Gasteiger partial charge in [-0.3, -0.25) is 4.98 Å². The highest BCUT2D eigenvalue weighted by Crippen LogP contribution is 2.21. The van der Waals surface area contributed by atoms with Crippen LogP contribution < -0.4 is 0 Å².